The Labute approximate surface area is 315 Å². The van der Waals surface area contributed by atoms with Crippen molar-refractivity contribution in [1.82, 2.24) is 4.98 Å². The van der Waals surface area contributed by atoms with E-state index in [2.05, 4.69) is 58.8 Å². The maximum absolute atomic E-state index is 13.9. The molecule has 0 radical (unpaired) electrons. The number of carboxylic acids is 1. The maximum atomic E-state index is 13.9. The normalized spacial score (nSPS) is 36.9. The largest absolute Gasteiger partial charge is 0.481 e. The van der Waals surface area contributed by atoms with Crippen molar-refractivity contribution >= 4 is 41.0 Å². The lowest BCUT2D eigenvalue weighted by molar-refractivity contribution is -0.232. The van der Waals surface area contributed by atoms with E-state index in [1.807, 2.05) is 6.08 Å². The summed E-state index contributed by atoms with van der Waals surface area (Å²) in [6.07, 6.45) is 12.9. The summed E-state index contributed by atoms with van der Waals surface area (Å²) in [7, 11) is 0. The highest BCUT2D eigenvalue weighted by atomic mass is 35.5. The van der Waals surface area contributed by atoms with E-state index in [9.17, 15) is 24.3 Å². The first-order valence-corrected chi connectivity index (χ1v) is 19.8. The number of carbonyl (C=O) groups is 4. The van der Waals surface area contributed by atoms with E-state index in [0.717, 1.165) is 56.9 Å². The minimum absolute atomic E-state index is 0.0211. The highest BCUT2D eigenvalue weighted by Crippen LogP contribution is 2.77. The molecule has 8 nitrogen and oxygen atoms in total. The number of hydrogen-bond acceptors (Lipinski definition) is 6. The van der Waals surface area contributed by atoms with E-state index in [4.69, 9.17) is 16.3 Å². The van der Waals surface area contributed by atoms with Crippen molar-refractivity contribution in [3.05, 3.63) is 46.7 Å². The lowest BCUT2D eigenvalue weighted by Gasteiger charge is -2.72. The first kappa shape index (κ1) is 38.7. The van der Waals surface area contributed by atoms with Crippen LogP contribution < -0.4 is 5.32 Å². The number of aromatic nitrogens is 1. The molecule has 5 aliphatic rings. The Morgan fingerprint density at radius 2 is 1.71 bits per heavy atom. The second kappa shape index (κ2) is 13.1. The summed E-state index contributed by atoms with van der Waals surface area (Å²) < 4.78 is 6.15. The number of Topliss-reactive ketones (excluding diaryl/α,β-unsaturated/α-hetero) is 1. The number of hydrogen-bond donors (Lipinski definition) is 2. The van der Waals surface area contributed by atoms with Crippen LogP contribution in [0.3, 0.4) is 0 Å². The Morgan fingerprint density at radius 3 is 2.35 bits per heavy atom. The zero-order valence-corrected chi connectivity index (χ0v) is 33.4. The van der Waals surface area contributed by atoms with Crippen molar-refractivity contribution in [2.24, 2.45) is 56.2 Å². The molecule has 5 aliphatic carbocycles. The number of pyridine rings is 1. The summed E-state index contributed by atoms with van der Waals surface area (Å²) in [5.41, 5.74) is 0.460. The van der Waals surface area contributed by atoms with Gasteiger partial charge in [-0.3, -0.25) is 19.2 Å². The molecule has 1 aromatic heterocycles. The monoisotopic (exact) mass is 734 g/mol. The third kappa shape index (κ3) is 6.07. The molecule has 4 saturated carbocycles. The van der Waals surface area contributed by atoms with Crippen LogP contribution in [0.25, 0.3) is 0 Å². The van der Waals surface area contributed by atoms with Gasteiger partial charge in [-0.2, -0.15) is 0 Å². The van der Waals surface area contributed by atoms with E-state index in [1.54, 1.807) is 32.1 Å². The third-order valence-corrected chi connectivity index (χ3v) is 15.6. The smallest absolute Gasteiger partial charge is 0.309 e. The standard InChI is InChI=1S/C43H59ClN2O6/c1-25(2)35-28(47)22-43(19-16-33(48)46-32-13-10-26(44)24-45-32)21-20-41(8)27(36(35)43)11-12-30-40(7)17-15-31(52-34(49)23-38(3,4)37(50)51)39(5,6)29(40)14-18-42(30,41)9/h10,13,16,19,24-25,27,29-31H,11-12,14-15,17-18,20-23H2,1-9H3,(H,50,51)(H,45,46,48)/t27-,29+,30-,31+,40+,41-,42-,43+/m1/s1. The zero-order valence-electron chi connectivity index (χ0n) is 32.7. The predicted molar refractivity (Wildman–Crippen MR) is 202 cm³/mol. The molecule has 1 aromatic rings. The van der Waals surface area contributed by atoms with Crippen LogP contribution in [0.4, 0.5) is 5.82 Å². The number of amides is 1. The molecule has 0 bridgehead atoms. The van der Waals surface area contributed by atoms with Gasteiger partial charge in [-0.15, -0.1) is 0 Å². The number of allylic oxidation sites excluding steroid dienone is 3. The molecule has 52 heavy (non-hydrogen) atoms. The number of ketones is 1. The predicted octanol–water partition coefficient (Wildman–Crippen LogP) is 9.62. The molecule has 0 aliphatic heterocycles. The highest BCUT2D eigenvalue weighted by molar-refractivity contribution is 6.30. The zero-order chi connectivity index (χ0) is 38.2. The Hall–Kier alpha value is -3.00. The number of carboxylic acid groups (broad SMARTS) is 1. The van der Waals surface area contributed by atoms with Crippen molar-refractivity contribution < 1.29 is 29.0 Å². The van der Waals surface area contributed by atoms with Gasteiger partial charge in [-0.05, 0) is 128 Å². The van der Waals surface area contributed by atoms with Crippen LogP contribution in [-0.4, -0.2) is 39.8 Å². The summed E-state index contributed by atoms with van der Waals surface area (Å²) in [6.45, 7) is 19.5. The number of aliphatic carboxylic acids is 1. The first-order chi connectivity index (χ1) is 24.1. The van der Waals surface area contributed by atoms with Gasteiger partial charge in [-0.1, -0.05) is 66.1 Å². The lowest BCUT2D eigenvalue weighted by atomic mass is 9.33. The number of anilines is 1. The molecule has 0 saturated heterocycles. The first-order valence-electron chi connectivity index (χ1n) is 19.4. The number of carbonyl (C=O) groups excluding carboxylic acids is 3. The van der Waals surface area contributed by atoms with Crippen LogP contribution in [0.5, 0.6) is 0 Å². The molecule has 9 heteroatoms. The van der Waals surface area contributed by atoms with Crippen molar-refractivity contribution in [2.75, 3.05) is 5.32 Å². The van der Waals surface area contributed by atoms with Crippen LogP contribution in [-0.2, 0) is 23.9 Å². The lowest BCUT2D eigenvalue weighted by Crippen LogP contribution is -2.65. The summed E-state index contributed by atoms with van der Waals surface area (Å²) in [6, 6.07) is 3.37. The minimum Gasteiger partial charge on any atom is -0.481 e. The van der Waals surface area contributed by atoms with E-state index in [1.165, 1.54) is 11.8 Å². The van der Waals surface area contributed by atoms with E-state index >= 15 is 0 Å². The third-order valence-electron chi connectivity index (χ3n) is 15.4. The van der Waals surface area contributed by atoms with Gasteiger partial charge < -0.3 is 15.2 Å². The summed E-state index contributed by atoms with van der Waals surface area (Å²) in [5, 5.41) is 13.0. The van der Waals surface area contributed by atoms with Gasteiger partial charge in [0.05, 0.1) is 16.9 Å². The fourth-order valence-electron chi connectivity index (χ4n) is 12.5. The van der Waals surface area contributed by atoms with Gasteiger partial charge in [0.25, 0.3) is 0 Å². The van der Waals surface area contributed by atoms with Crippen molar-refractivity contribution in [2.45, 2.75) is 133 Å². The molecular weight excluding hydrogens is 676 g/mol. The summed E-state index contributed by atoms with van der Waals surface area (Å²) >= 11 is 5.99. The van der Waals surface area contributed by atoms with Crippen molar-refractivity contribution in [3.8, 4) is 0 Å². The Kier molecular flexibility index (Phi) is 9.75. The number of halogens is 1. The quantitative estimate of drug-likeness (QED) is 0.201. The van der Waals surface area contributed by atoms with Crippen molar-refractivity contribution in [1.29, 1.82) is 0 Å². The van der Waals surface area contributed by atoms with Gasteiger partial charge in [0.15, 0.2) is 5.78 Å². The molecule has 1 heterocycles. The van der Waals surface area contributed by atoms with Crippen molar-refractivity contribution in [3.63, 3.8) is 0 Å². The highest BCUT2D eigenvalue weighted by Gasteiger charge is 2.70. The average Bonchev–Trinajstić information content (AvgIpc) is 3.35. The molecule has 284 valence electrons. The second-order valence-electron chi connectivity index (χ2n) is 19.2. The molecule has 1 amide bonds. The summed E-state index contributed by atoms with van der Waals surface area (Å²) in [4.78, 5) is 56.1. The van der Waals surface area contributed by atoms with Crippen LogP contribution >= 0.6 is 11.6 Å². The SMILES string of the molecule is CC(C)C1=C2[C@H]3CC[C@@H]4[C@@]5(C)CC[C@H](OC(=O)CC(C)(C)C(=O)O)C(C)(C)[C@@H]5CC[C@@]4(C)[C@]3(C)CC[C@@]2(C=CC(=O)Nc2ccc(Cl)cn2)CC1=O. The molecule has 0 aromatic carbocycles. The summed E-state index contributed by atoms with van der Waals surface area (Å²) in [5.74, 6) is 0.149. The number of nitrogens with zero attached hydrogens (tertiary/aromatic N) is 1. The van der Waals surface area contributed by atoms with Gasteiger partial charge in [0.1, 0.15) is 11.9 Å². The number of fused-ring (bicyclic) bond motifs is 7. The number of rotatable bonds is 8. The number of ether oxygens (including phenoxy) is 1. The topological polar surface area (TPSA) is 123 Å². The minimum atomic E-state index is -1.17. The van der Waals surface area contributed by atoms with Gasteiger partial charge in [0, 0.05) is 29.5 Å². The molecule has 8 atom stereocenters. The van der Waals surface area contributed by atoms with Crippen LogP contribution in [0.1, 0.15) is 127 Å². The van der Waals surface area contributed by atoms with E-state index in [-0.39, 0.29) is 57.7 Å². The molecule has 2 N–H and O–H groups in total. The van der Waals surface area contributed by atoms with E-state index in [0.29, 0.717) is 29.1 Å². The molecule has 6 rings (SSSR count). The molecule has 0 unspecified atom stereocenters. The molecule has 4 fully saturated rings. The van der Waals surface area contributed by atoms with E-state index < -0.39 is 22.8 Å². The van der Waals surface area contributed by atoms with Crippen LogP contribution in [0.15, 0.2) is 41.6 Å². The number of esters is 1. The Bertz CT molecular complexity index is 1710. The second-order valence-corrected chi connectivity index (χ2v) is 19.7. The fraction of sp³-hybridized carbons (Fsp3) is 0.698. The number of nitrogens with one attached hydrogen (secondary N) is 1. The van der Waals surface area contributed by atoms with Crippen LogP contribution in [0.2, 0.25) is 5.02 Å². The van der Waals surface area contributed by atoms with Gasteiger partial charge in [-0.25, -0.2) is 4.98 Å². The van der Waals surface area contributed by atoms with Gasteiger partial charge in [0.2, 0.25) is 5.91 Å². The average molecular weight is 735 g/mol. The Morgan fingerprint density at radius 1 is 1.00 bits per heavy atom. The molecule has 0 spiro atoms. The maximum Gasteiger partial charge on any atom is 0.309 e. The van der Waals surface area contributed by atoms with Gasteiger partial charge >= 0.3 is 11.9 Å². The fourth-order valence-corrected chi connectivity index (χ4v) is 12.6. The molecular formula is C43H59ClN2O6. The van der Waals surface area contributed by atoms with Crippen LogP contribution in [0, 0.1) is 56.2 Å². The Balaban J connectivity index is 1.28.